The first kappa shape index (κ1) is 15.9. The second kappa shape index (κ2) is 6.02. The van der Waals surface area contributed by atoms with Crippen molar-refractivity contribution in [1.82, 2.24) is 24.3 Å². The largest absolute Gasteiger partial charge is 0.340 e. The zero-order valence-corrected chi connectivity index (χ0v) is 14.6. The van der Waals surface area contributed by atoms with Crippen LogP contribution in [0.5, 0.6) is 0 Å². The number of fused-ring (bicyclic) bond motifs is 5. The van der Waals surface area contributed by atoms with E-state index in [1.165, 1.54) is 0 Å². The van der Waals surface area contributed by atoms with Crippen molar-refractivity contribution in [2.45, 2.75) is 6.54 Å². The minimum Gasteiger partial charge on any atom is -0.340 e. The minimum atomic E-state index is 0. The lowest BCUT2D eigenvalue weighted by molar-refractivity contribution is 0.816. The third kappa shape index (κ3) is 2.44. The molecular weight excluding hydrogens is 357 g/mol. The van der Waals surface area contributed by atoms with Gasteiger partial charge in [0.25, 0.3) is 0 Å². The van der Waals surface area contributed by atoms with Gasteiger partial charge in [0.1, 0.15) is 5.69 Å². The van der Waals surface area contributed by atoms with Gasteiger partial charge in [-0.1, -0.05) is 23.7 Å². The molecule has 0 amide bonds. The Bertz CT molecular complexity index is 1050. The summed E-state index contributed by atoms with van der Waals surface area (Å²) in [5.74, 6) is 1.51. The Hall–Kier alpha value is -2.63. The molecule has 0 atom stereocenters. The number of aromatic nitrogens is 5. The predicted molar refractivity (Wildman–Crippen MR) is 99.4 cm³/mol. The van der Waals surface area contributed by atoms with Gasteiger partial charge < -0.3 is 4.57 Å². The lowest BCUT2D eigenvalue weighted by Gasteiger charge is -2.11. The van der Waals surface area contributed by atoms with E-state index in [-0.39, 0.29) is 12.4 Å². The van der Waals surface area contributed by atoms with Gasteiger partial charge in [-0.25, -0.2) is 0 Å². The Labute approximate surface area is 155 Å². The summed E-state index contributed by atoms with van der Waals surface area (Å²) >= 11 is 6.27. The fourth-order valence-electron chi connectivity index (χ4n) is 3.16. The van der Waals surface area contributed by atoms with E-state index in [1.807, 2.05) is 41.0 Å². The first-order chi connectivity index (χ1) is 11.8. The lowest BCUT2D eigenvalue weighted by atomic mass is 10.1. The Balaban J connectivity index is 0.00000157. The quantitative estimate of drug-likeness (QED) is 0.444. The fraction of sp³-hybridized carbons (Fsp3) is 0.0556. The number of hydrogen-bond acceptors (Lipinski definition) is 3. The molecule has 0 saturated heterocycles. The summed E-state index contributed by atoms with van der Waals surface area (Å²) in [7, 11) is 0. The van der Waals surface area contributed by atoms with Gasteiger partial charge in [0, 0.05) is 24.0 Å². The fourth-order valence-corrected chi connectivity index (χ4v) is 3.32. The van der Waals surface area contributed by atoms with E-state index in [9.17, 15) is 0 Å². The molecule has 7 heteroatoms. The van der Waals surface area contributed by atoms with Gasteiger partial charge in [0.15, 0.2) is 11.6 Å². The predicted octanol–water partition coefficient (Wildman–Crippen LogP) is 4.23. The van der Waals surface area contributed by atoms with E-state index < -0.39 is 0 Å². The maximum absolute atomic E-state index is 6.27. The maximum Gasteiger partial charge on any atom is 0.187 e. The molecule has 0 saturated carbocycles. The number of benzene rings is 1. The lowest BCUT2D eigenvalue weighted by Crippen LogP contribution is -2.02. The highest BCUT2D eigenvalue weighted by Crippen LogP contribution is 2.34. The zero-order valence-electron chi connectivity index (χ0n) is 13.0. The van der Waals surface area contributed by atoms with E-state index in [4.69, 9.17) is 11.6 Å². The molecule has 0 radical (unpaired) electrons. The average molecular weight is 370 g/mol. The van der Waals surface area contributed by atoms with Crippen LogP contribution in [0.2, 0.25) is 5.02 Å². The van der Waals surface area contributed by atoms with Gasteiger partial charge in [0.05, 0.1) is 11.4 Å². The van der Waals surface area contributed by atoms with Crippen LogP contribution in [-0.4, -0.2) is 24.3 Å². The number of nitrogens with zero attached hydrogens (tertiary/aromatic N) is 5. The van der Waals surface area contributed by atoms with E-state index >= 15 is 0 Å². The summed E-state index contributed by atoms with van der Waals surface area (Å²) < 4.78 is 4.21. The normalized spacial score (nSPS) is 11.7. The number of hydrogen-bond donors (Lipinski definition) is 0. The van der Waals surface area contributed by atoms with E-state index in [0.717, 1.165) is 35.0 Å². The molecule has 0 bridgehead atoms. The van der Waals surface area contributed by atoms with Crippen molar-refractivity contribution >= 4 is 24.0 Å². The third-order valence-electron chi connectivity index (χ3n) is 4.24. The van der Waals surface area contributed by atoms with Gasteiger partial charge in [-0.15, -0.1) is 22.6 Å². The van der Waals surface area contributed by atoms with Crippen molar-refractivity contribution in [2.75, 3.05) is 0 Å². The highest BCUT2D eigenvalue weighted by Gasteiger charge is 2.24. The summed E-state index contributed by atoms with van der Waals surface area (Å²) in [6.45, 7) is 0.764. The number of halogens is 2. The number of pyridine rings is 1. The van der Waals surface area contributed by atoms with Crippen LogP contribution in [0.3, 0.4) is 0 Å². The van der Waals surface area contributed by atoms with Crippen molar-refractivity contribution in [3.63, 3.8) is 0 Å². The third-order valence-corrected chi connectivity index (χ3v) is 4.48. The summed E-state index contributed by atoms with van der Waals surface area (Å²) in [6.07, 6.45) is 3.81. The summed E-state index contributed by atoms with van der Waals surface area (Å²) in [4.78, 5) is 4.44. The van der Waals surface area contributed by atoms with Gasteiger partial charge in [0.2, 0.25) is 0 Å². The van der Waals surface area contributed by atoms with Crippen molar-refractivity contribution in [3.8, 4) is 28.7 Å². The Morgan fingerprint density at radius 2 is 1.84 bits per heavy atom. The van der Waals surface area contributed by atoms with Crippen LogP contribution >= 0.6 is 24.0 Å². The molecule has 5 rings (SSSR count). The van der Waals surface area contributed by atoms with Crippen molar-refractivity contribution in [3.05, 3.63) is 71.5 Å². The summed E-state index contributed by atoms with van der Waals surface area (Å²) in [5.41, 5.74) is 3.96. The minimum absolute atomic E-state index is 0. The van der Waals surface area contributed by atoms with E-state index in [0.29, 0.717) is 10.8 Å². The highest BCUT2D eigenvalue weighted by atomic mass is 35.5. The molecule has 1 aliphatic heterocycles. The molecule has 1 aromatic carbocycles. The highest BCUT2D eigenvalue weighted by molar-refractivity contribution is 6.30. The average Bonchev–Trinajstić information content (AvgIpc) is 3.21. The zero-order chi connectivity index (χ0) is 16.1. The molecule has 0 aliphatic carbocycles. The van der Waals surface area contributed by atoms with Crippen LogP contribution in [0.4, 0.5) is 0 Å². The summed E-state index contributed by atoms with van der Waals surface area (Å²) in [5, 5.41) is 9.54. The first-order valence-electron chi connectivity index (χ1n) is 7.62. The molecule has 4 aromatic rings. The molecule has 0 N–H and O–H groups in total. The molecule has 5 nitrogen and oxygen atoms in total. The molecule has 0 spiro atoms. The Morgan fingerprint density at radius 3 is 2.68 bits per heavy atom. The SMILES string of the molecule is Cl.Clc1ccc2c(c1)-n1c(-c3ccccn3)nnc1-c1cccn1C2. The monoisotopic (exact) mass is 369 g/mol. The van der Waals surface area contributed by atoms with Gasteiger partial charge in [-0.2, -0.15) is 0 Å². The molecule has 4 heterocycles. The molecule has 25 heavy (non-hydrogen) atoms. The smallest absolute Gasteiger partial charge is 0.187 e. The Kier molecular flexibility index (Phi) is 3.82. The second-order valence-electron chi connectivity index (χ2n) is 5.69. The molecule has 1 aliphatic rings. The van der Waals surface area contributed by atoms with E-state index in [2.05, 4.69) is 38.1 Å². The van der Waals surface area contributed by atoms with Gasteiger partial charge in [-0.3, -0.25) is 9.55 Å². The molecule has 0 fully saturated rings. The van der Waals surface area contributed by atoms with Gasteiger partial charge >= 0.3 is 0 Å². The van der Waals surface area contributed by atoms with Crippen molar-refractivity contribution < 1.29 is 0 Å². The van der Waals surface area contributed by atoms with Crippen LogP contribution < -0.4 is 0 Å². The van der Waals surface area contributed by atoms with Crippen LogP contribution in [-0.2, 0) is 6.54 Å². The first-order valence-corrected chi connectivity index (χ1v) is 8.00. The topological polar surface area (TPSA) is 48.5 Å². The van der Waals surface area contributed by atoms with Crippen LogP contribution in [0, 0.1) is 0 Å². The summed E-state index contributed by atoms with van der Waals surface area (Å²) in [6, 6.07) is 15.8. The van der Waals surface area contributed by atoms with Crippen LogP contribution in [0.25, 0.3) is 28.7 Å². The maximum atomic E-state index is 6.27. The number of rotatable bonds is 1. The Morgan fingerprint density at radius 1 is 0.960 bits per heavy atom. The second-order valence-corrected chi connectivity index (χ2v) is 6.13. The van der Waals surface area contributed by atoms with Gasteiger partial charge in [-0.05, 0) is 42.0 Å². The van der Waals surface area contributed by atoms with Crippen LogP contribution in [0.15, 0.2) is 60.9 Å². The molecule has 3 aromatic heterocycles. The van der Waals surface area contributed by atoms with Crippen LogP contribution in [0.1, 0.15) is 5.56 Å². The van der Waals surface area contributed by atoms with E-state index in [1.54, 1.807) is 6.20 Å². The van der Waals surface area contributed by atoms with Crippen molar-refractivity contribution in [2.24, 2.45) is 0 Å². The van der Waals surface area contributed by atoms with Crippen molar-refractivity contribution in [1.29, 1.82) is 0 Å². The molecular formula is C18H13Cl2N5. The standard InChI is InChI=1S/C18H12ClN5.ClH/c19-13-7-6-12-11-23-9-3-5-15(23)18-22-21-17(24(18)16(12)10-13)14-4-1-2-8-20-14;/h1-10H,11H2;1H. The molecule has 0 unspecified atom stereocenters. The molecule has 124 valence electrons.